The Hall–Kier alpha value is -3.14. The lowest BCUT2D eigenvalue weighted by Crippen LogP contribution is -2.20. The molecule has 0 atom stereocenters. The van der Waals surface area contributed by atoms with E-state index in [1.165, 1.54) is 31.5 Å². The average molecular weight is 377 g/mol. The molecule has 3 aromatic rings. The molecule has 10 heteroatoms. The number of hydrogen-bond donors (Lipinski definition) is 1. The van der Waals surface area contributed by atoms with Crippen LogP contribution in [0.15, 0.2) is 50.6 Å². The van der Waals surface area contributed by atoms with Gasteiger partial charge in [-0.15, -0.1) is 0 Å². The number of carbonyl (C=O) groups excluding carboxylic acids is 1. The Morgan fingerprint density at radius 1 is 1.31 bits per heavy atom. The molecule has 1 aromatic carbocycles. The zero-order valence-corrected chi connectivity index (χ0v) is 14.7. The van der Waals surface area contributed by atoms with Gasteiger partial charge in [0.15, 0.2) is 5.58 Å². The van der Waals surface area contributed by atoms with Gasteiger partial charge in [-0.1, -0.05) is 0 Å². The van der Waals surface area contributed by atoms with Gasteiger partial charge in [-0.3, -0.25) is 14.1 Å². The SMILES string of the molecule is COC(=O)Cn1c(=O)oc2cc(S(=O)(=O)Nc3cc(C)ccn3)ccc21. The predicted molar refractivity (Wildman–Crippen MR) is 92.3 cm³/mol. The largest absolute Gasteiger partial charge is 0.468 e. The maximum absolute atomic E-state index is 12.5. The van der Waals surface area contributed by atoms with Crippen LogP contribution in [0.2, 0.25) is 0 Å². The zero-order valence-electron chi connectivity index (χ0n) is 13.9. The second-order valence-corrected chi connectivity index (χ2v) is 7.17. The maximum atomic E-state index is 12.5. The topological polar surface area (TPSA) is 120 Å². The summed E-state index contributed by atoms with van der Waals surface area (Å²) >= 11 is 0. The van der Waals surface area contributed by atoms with Gasteiger partial charge in [0.1, 0.15) is 12.4 Å². The van der Waals surface area contributed by atoms with Crippen LogP contribution < -0.4 is 10.5 Å². The summed E-state index contributed by atoms with van der Waals surface area (Å²) in [7, 11) is -2.73. The summed E-state index contributed by atoms with van der Waals surface area (Å²) in [6.45, 7) is 1.48. The van der Waals surface area contributed by atoms with Crippen LogP contribution in [-0.4, -0.2) is 31.0 Å². The van der Waals surface area contributed by atoms with Gasteiger partial charge in [-0.25, -0.2) is 18.2 Å². The molecule has 0 aliphatic carbocycles. The van der Waals surface area contributed by atoms with E-state index < -0.39 is 21.7 Å². The minimum atomic E-state index is -3.93. The molecule has 2 heterocycles. The quantitative estimate of drug-likeness (QED) is 0.665. The Kier molecular flexibility index (Phi) is 4.51. The minimum absolute atomic E-state index is 0.0407. The number of anilines is 1. The van der Waals surface area contributed by atoms with Crippen molar-refractivity contribution in [1.82, 2.24) is 9.55 Å². The van der Waals surface area contributed by atoms with E-state index in [-0.39, 0.29) is 28.4 Å². The molecule has 3 rings (SSSR count). The van der Waals surface area contributed by atoms with Crippen LogP contribution in [0.3, 0.4) is 0 Å². The van der Waals surface area contributed by atoms with Crippen molar-refractivity contribution in [2.45, 2.75) is 18.4 Å². The molecule has 9 nitrogen and oxygen atoms in total. The standard InChI is InChI=1S/C16H15N3O6S/c1-10-5-6-17-14(7-10)18-26(22,23)11-3-4-12-13(8-11)25-16(21)19(12)9-15(20)24-2/h3-8H,9H2,1-2H3,(H,17,18). The number of nitrogens with one attached hydrogen (secondary N) is 1. The zero-order chi connectivity index (χ0) is 18.9. The maximum Gasteiger partial charge on any atom is 0.420 e. The Balaban J connectivity index is 1.98. The number of carbonyl (C=O) groups is 1. The number of benzene rings is 1. The molecule has 0 unspecified atom stereocenters. The summed E-state index contributed by atoms with van der Waals surface area (Å²) in [5, 5.41) is 0. The van der Waals surface area contributed by atoms with Crippen molar-refractivity contribution < 1.29 is 22.4 Å². The van der Waals surface area contributed by atoms with Crippen molar-refractivity contribution in [2.24, 2.45) is 0 Å². The number of ether oxygens (including phenoxy) is 1. The van der Waals surface area contributed by atoms with Gasteiger partial charge < -0.3 is 9.15 Å². The Morgan fingerprint density at radius 3 is 2.77 bits per heavy atom. The lowest BCUT2D eigenvalue weighted by atomic mass is 10.3. The van der Waals surface area contributed by atoms with Gasteiger partial charge >= 0.3 is 11.7 Å². The van der Waals surface area contributed by atoms with E-state index in [1.54, 1.807) is 12.1 Å². The minimum Gasteiger partial charge on any atom is -0.468 e. The van der Waals surface area contributed by atoms with E-state index in [4.69, 9.17) is 4.42 Å². The summed E-state index contributed by atoms with van der Waals surface area (Å²) in [4.78, 5) is 27.1. The van der Waals surface area contributed by atoms with Crippen molar-refractivity contribution in [3.05, 3.63) is 52.6 Å². The third-order valence-electron chi connectivity index (χ3n) is 3.62. The van der Waals surface area contributed by atoms with E-state index in [1.807, 2.05) is 6.92 Å². The van der Waals surface area contributed by atoms with Gasteiger partial charge in [0.2, 0.25) is 0 Å². The average Bonchev–Trinajstić information content (AvgIpc) is 2.89. The van der Waals surface area contributed by atoms with Crippen molar-refractivity contribution in [2.75, 3.05) is 11.8 Å². The smallest absolute Gasteiger partial charge is 0.420 e. The lowest BCUT2D eigenvalue weighted by Gasteiger charge is -2.08. The van der Waals surface area contributed by atoms with Crippen LogP contribution in [0.1, 0.15) is 5.56 Å². The molecule has 0 saturated carbocycles. The molecule has 136 valence electrons. The number of rotatable bonds is 5. The molecule has 0 aliphatic heterocycles. The van der Waals surface area contributed by atoms with Crippen LogP contribution >= 0.6 is 0 Å². The highest BCUT2D eigenvalue weighted by molar-refractivity contribution is 7.92. The van der Waals surface area contributed by atoms with E-state index >= 15 is 0 Å². The van der Waals surface area contributed by atoms with Crippen LogP contribution in [0, 0.1) is 6.92 Å². The van der Waals surface area contributed by atoms with Gasteiger partial charge in [0.25, 0.3) is 10.0 Å². The monoisotopic (exact) mass is 377 g/mol. The molecule has 0 saturated heterocycles. The number of sulfonamides is 1. The number of hydrogen-bond acceptors (Lipinski definition) is 7. The first-order valence-electron chi connectivity index (χ1n) is 7.46. The highest BCUT2D eigenvalue weighted by Gasteiger charge is 2.19. The summed E-state index contributed by atoms with van der Waals surface area (Å²) in [6, 6.07) is 7.23. The number of pyridine rings is 1. The predicted octanol–water partition coefficient (Wildman–Crippen LogP) is 1.27. The Bertz CT molecular complexity index is 1150. The number of methoxy groups -OCH3 is 1. The molecule has 0 aliphatic rings. The third-order valence-corrected chi connectivity index (χ3v) is 4.97. The number of fused-ring (bicyclic) bond motifs is 1. The summed E-state index contributed by atoms with van der Waals surface area (Å²) < 4.78 is 38.0. The molecule has 2 aromatic heterocycles. The highest BCUT2D eigenvalue weighted by atomic mass is 32.2. The van der Waals surface area contributed by atoms with E-state index in [0.29, 0.717) is 0 Å². The van der Waals surface area contributed by atoms with Crippen LogP contribution in [0.25, 0.3) is 11.1 Å². The molecule has 1 N–H and O–H groups in total. The molecule has 0 radical (unpaired) electrons. The molecular weight excluding hydrogens is 362 g/mol. The van der Waals surface area contributed by atoms with E-state index in [9.17, 15) is 18.0 Å². The molecule has 0 bridgehead atoms. The van der Waals surface area contributed by atoms with Crippen molar-refractivity contribution in [1.29, 1.82) is 0 Å². The summed E-state index contributed by atoms with van der Waals surface area (Å²) in [5.74, 6) is -1.23. The van der Waals surface area contributed by atoms with Crippen LogP contribution in [-0.2, 0) is 26.1 Å². The fourth-order valence-electron chi connectivity index (χ4n) is 2.35. The number of aromatic nitrogens is 2. The fourth-order valence-corrected chi connectivity index (χ4v) is 3.36. The van der Waals surface area contributed by atoms with Gasteiger partial charge in [-0.2, -0.15) is 0 Å². The third kappa shape index (κ3) is 3.45. The molecule has 0 fully saturated rings. The van der Waals surface area contributed by atoms with E-state index in [2.05, 4.69) is 14.4 Å². The number of oxazole rings is 1. The summed E-state index contributed by atoms with van der Waals surface area (Å²) in [6.07, 6.45) is 1.49. The van der Waals surface area contributed by atoms with Crippen molar-refractivity contribution >= 4 is 32.9 Å². The van der Waals surface area contributed by atoms with Gasteiger partial charge in [-0.05, 0) is 36.8 Å². The first-order chi connectivity index (χ1) is 12.3. The first kappa shape index (κ1) is 17.7. The highest BCUT2D eigenvalue weighted by Crippen LogP contribution is 2.21. The summed E-state index contributed by atoms with van der Waals surface area (Å²) in [5.41, 5.74) is 1.17. The number of nitrogens with zero attached hydrogens (tertiary/aromatic N) is 2. The molecule has 26 heavy (non-hydrogen) atoms. The van der Waals surface area contributed by atoms with Crippen molar-refractivity contribution in [3.8, 4) is 0 Å². The second-order valence-electron chi connectivity index (χ2n) is 5.48. The Morgan fingerprint density at radius 2 is 2.08 bits per heavy atom. The fraction of sp³-hybridized carbons (Fsp3) is 0.188. The first-order valence-corrected chi connectivity index (χ1v) is 8.94. The normalized spacial score (nSPS) is 11.5. The van der Waals surface area contributed by atoms with Gasteiger partial charge in [0.05, 0.1) is 17.5 Å². The second kappa shape index (κ2) is 6.64. The molecule has 0 amide bonds. The van der Waals surface area contributed by atoms with Gasteiger partial charge in [0, 0.05) is 12.3 Å². The van der Waals surface area contributed by atoms with Crippen molar-refractivity contribution in [3.63, 3.8) is 0 Å². The molecule has 0 spiro atoms. The lowest BCUT2D eigenvalue weighted by molar-refractivity contribution is -0.141. The van der Waals surface area contributed by atoms with Crippen LogP contribution in [0.4, 0.5) is 5.82 Å². The number of aryl methyl sites for hydroxylation is 1. The van der Waals surface area contributed by atoms with Crippen LogP contribution in [0.5, 0.6) is 0 Å². The number of esters is 1. The Labute approximate surface area is 148 Å². The van der Waals surface area contributed by atoms with E-state index in [0.717, 1.165) is 10.1 Å². The molecular formula is C16H15N3O6S.